The molecule has 2 aromatic carbocycles. The van der Waals surface area contributed by atoms with Crippen molar-refractivity contribution in [1.29, 1.82) is 0 Å². The summed E-state index contributed by atoms with van der Waals surface area (Å²) in [6.45, 7) is 0. The lowest BCUT2D eigenvalue weighted by molar-refractivity contribution is -0.384. The Hall–Kier alpha value is -3.55. The zero-order chi connectivity index (χ0) is 17.7. The van der Waals surface area contributed by atoms with Gasteiger partial charge in [-0.1, -0.05) is 0 Å². The lowest BCUT2D eigenvalue weighted by Crippen LogP contribution is -2.21. The van der Waals surface area contributed by atoms with Gasteiger partial charge in [-0.25, -0.2) is 9.59 Å². The van der Waals surface area contributed by atoms with E-state index in [9.17, 15) is 24.5 Å². The molecule has 0 heterocycles. The van der Waals surface area contributed by atoms with Crippen LogP contribution in [0.2, 0.25) is 0 Å². The second kappa shape index (κ2) is 7.14. The summed E-state index contributed by atoms with van der Waals surface area (Å²) in [6, 6.07) is 10.1. The molecule has 0 saturated heterocycles. The highest BCUT2D eigenvalue weighted by atomic mass is 16.6. The van der Waals surface area contributed by atoms with Crippen molar-refractivity contribution in [2.45, 2.75) is 0 Å². The monoisotopic (exact) mass is 329 g/mol. The highest BCUT2D eigenvalue weighted by Crippen LogP contribution is 2.14. The van der Waals surface area contributed by atoms with E-state index in [1.54, 1.807) is 0 Å². The van der Waals surface area contributed by atoms with Gasteiger partial charge in [-0.2, -0.15) is 0 Å². The maximum Gasteiger partial charge on any atom is 0.387 e. The maximum absolute atomic E-state index is 11.9. The molecule has 122 valence electrons. The number of carbonyl (C=O) groups excluding carboxylic acids is 3. The molecule has 2 aromatic rings. The highest BCUT2D eigenvalue weighted by Gasteiger charge is 2.22. The molecule has 0 atom stereocenters. The first-order chi connectivity index (χ1) is 11.4. The number of methoxy groups -OCH3 is 1. The van der Waals surface area contributed by atoms with Gasteiger partial charge in [-0.05, 0) is 36.4 Å². The lowest BCUT2D eigenvalue weighted by Gasteiger charge is -2.04. The third-order valence-electron chi connectivity index (χ3n) is 3.04. The standard InChI is InChI=1S/C16H11NO7/c1-23-13-8-4-11(5-9-13)15(19)24-16(20)14(18)10-2-6-12(7-3-10)17(21)22/h2-9H,1H3. The normalized spacial score (nSPS) is 9.88. The Kier molecular flexibility index (Phi) is 5.00. The van der Waals surface area contributed by atoms with Crippen LogP contribution in [-0.2, 0) is 9.53 Å². The van der Waals surface area contributed by atoms with Crippen molar-refractivity contribution in [3.8, 4) is 5.75 Å². The van der Waals surface area contributed by atoms with Gasteiger partial charge < -0.3 is 9.47 Å². The molecule has 0 spiro atoms. The van der Waals surface area contributed by atoms with Crippen molar-refractivity contribution in [3.05, 3.63) is 69.8 Å². The number of nitrogens with zero attached hydrogens (tertiary/aromatic N) is 1. The van der Waals surface area contributed by atoms with Crippen molar-refractivity contribution in [3.63, 3.8) is 0 Å². The first-order valence-electron chi connectivity index (χ1n) is 6.61. The van der Waals surface area contributed by atoms with E-state index in [0.717, 1.165) is 24.3 Å². The first kappa shape index (κ1) is 16.8. The molecule has 0 amide bonds. The summed E-state index contributed by atoms with van der Waals surface area (Å²) in [5.74, 6) is -2.92. The summed E-state index contributed by atoms with van der Waals surface area (Å²) in [6.07, 6.45) is 0. The molecule has 24 heavy (non-hydrogen) atoms. The van der Waals surface area contributed by atoms with Gasteiger partial charge in [0, 0.05) is 17.7 Å². The molecule has 0 unspecified atom stereocenters. The Morgan fingerprint density at radius 3 is 1.96 bits per heavy atom. The van der Waals surface area contributed by atoms with Gasteiger partial charge in [0.15, 0.2) is 0 Å². The number of ketones is 1. The van der Waals surface area contributed by atoms with Crippen molar-refractivity contribution in [1.82, 2.24) is 0 Å². The Labute approximate surface area is 135 Å². The number of ether oxygens (including phenoxy) is 2. The van der Waals surface area contributed by atoms with E-state index in [2.05, 4.69) is 4.74 Å². The van der Waals surface area contributed by atoms with E-state index in [0.29, 0.717) is 5.75 Å². The third-order valence-corrected chi connectivity index (χ3v) is 3.04. The van der Waals surface area contributed by atoms with Crippen molar-refractivity contribution >= 4 is 23.4 Å². The van der Waals surface area contributed by atoms with Crippen LogP contribution in [0.4, 0.5) is 5.69 Å². The summed E-state index contributed by atoms with van der Waals surface area (Å²) < 4.78 is 9.43. The number of hydrogen-bond acceptors (Lipinski definition) is 7. The minimum absolute atomic E-state index is 0.0700. The summed E-state index contributed by atoms with van der Waals surface area (Å²) in [5, 5.41) is 10.5. The number of hydrogen-bond donors (Lipinski definition) is 0. The Bertz CT molecular complexity index is 794. The number of nitro benzene ring substituents is 1. The summed E-state index contributed by atoms with van der Waals surface area (Å²) in [7, 11) is 1.46. The van der Waals surface area contributed by atoms with Crippen LogP contribution >= 0.6 is 0 Å². The second-order valence-corrected chi connectivity index (χ2v) is 4.54. The van der Waals surface area contributed by atoms with Crippen LogP contribution in [0.1, 0.15) is 20.7 Å². The minimum Gasteiger partial charge on any atom is -0.497 e. The molecule has 0 saturated carbocycles. The van der Waals surface area contributed by atoms with Crippen LogP contribution in [0.5, 0.6) is 5.75 Å². The predicted octanol–water partition coefficient (Wildman–Crippen LogP) is 2.17. The lowest BCUT2D eigenvalue weighted by atomic mass is 10.1. The summed E-state index contributed by atoms with van der Waals surface area (Å²) in [4.78, 5) is 45.3. The van der Waals surface area contributed by atoms with Gasteiger partial charge in [-0.15, -0.1) is 0 Å². The van der Waals surface area contributed by atoms with Crippen LogP contribution in [-0.4, -0.2) is 29.8 Å². The van der Waals surface area contributed by atoms with E-state index < -0.39 is 22.6 Å². The molecule has 0 bridgehead atoms. The SMILES string of the molecule is COc1ccc(C(=O)OC(=O)C(=O)c2ccc([N+](=O)[O-])cc2)cc1. The Balaban J connectivity index is 2.06. The topological polar surface area (TPSA) is 113 Å². The zero-order valence-electron chi connectivity index (χ0n) is 12.4. The van der Waals surface area contributed by atoms with Gasteiger partial charge in [0.25, 0.3) is 11.5 Å². The van der Waals surface area contributed by atoms with Crippen LogP contribution in [0.25, 0.3) is 0 Å². The third kappa shape index (κ3) is 3.80. The van der Waals surface area contributed by atoms with E-state index in [1.807, 2.05) is 0 Å². The molecule has 0 aliphatic heterocycles. The van der Waals surface area contributed by atoms with E-state index in [-0.39, 0.29) is 16.8 Å². The molecule has 0 aliphatic rings. The molecule has 8 heteroatoms. The summed E-state index contributed by atoms with van der Waals surface area (Å²) in [5.41, 5.74) is -0.275. The predicted molar refractivity (Wildman–Crippen MR) is 80.8 cm³/mol. The van der Waals surface area contributed by atoms with Crippen molar-refractivity contribution in [2.24, 2.45) is 0 Å². The number of nitro groups is 1. The van der Waals surface area contributed by atoms with Crippen LogP contribution in [0.15, 0.2) is 48.5 Å². The quantitative estimate of drug-likeness (QED) is 0.206. The number of Topliss-reactive ketones (excluding diaryl/α,β-unsaturated/α-hetero) is 1. The molecule has 0 radical (unpaired) electrons. The van der Waals surface area contributed by atoms with E-state index in [4.69, 9.17) is 4.74 Å². The van der Waals surface area contributed by atoms with Gasteiger partial charge in [0.1, 0.15) is 5.75 Å². The average molecular weight is 329 g/mol. The molecule has 0 N–H and O–H groups in total. The molecule has 0 fully saturated rings. The summed E-state index contributed by atoms with van der Waals surface area (Å²) >= 11 is 0. The van der Waals surface area contributed by atoms with Crippen LogP contribution in [0.3, 0.4) is 0 Å². The Morgan fingerprint density at radius 2 is 1.46 bits per heavy atom. The minimum atomic E-state index is -1.37. The molecule has 0 aliphatic carbocycles. The second-order valence-electron chi connectivity index (χ2n) is 4.54. The smallest absolute Gasteiger partial charge is 0.387 e. The first-order valence-corrected chi connectivity index (χ1v) is 6.61. The zero-order valence-corrected chi connectivity index (χ0v) is 12.4. The largest absolute Gasteiger partial charge is 0.497 e. The number of rotatable bonds is 5. The number of carbonyl (C=O) groups is 3. The molecule has 8 nitrogen and oxygen atoms in total. The number of benzene rings is 2. The average Bonchev–Trinajstić information content (AvgIpc) is 2.61. The van der Waals surface area contributed by atoms with Crippen molar-refractivity contribution < 1.29 is 28.8 Å². The van der Waals surface area contributed by atoms with Gasteiger partial charge in [-0.3, -0.25) is 14.9 Å². The molecular formula is C16H11NO7. The number of non-ortho nitro benzene ring substituents is 1. The molecular weight excluding hydrogens is 318 g/mol. The van der Waals surface area contributed by atoms with Gasteiger partial charge in [0.2, 0.25) is 0 Å². The molecule has 0 aromatic heterocycles. The van der Waals surface area contributed by atoms with Gasteiger partial charge >= 0.3 is 11.9 Å². The fourth-order valence-electron chi connectivity index (χ4n) is 1.77. The van der Waals surface area contributed by atoms with Crippen molar-refractivity contribution in [2.75, 3.05) is 7.11 Å². The van der Waals surface area contributed by atoms with E-state index in [1.165, 1.54) is 31.4 Å². The fraction of sp³-hybridized carbons (Fsp3) is 0.0625. The number of esters is 2. The highest BCUT2D eigenvalue weighted by molar-refractivity contribution is 6.42. The maximum atomic E-state index is 11.9. The van der Waals surface area contributed by atoms with Gasteiger partial charge in [0.05, 0.1) is 17.6 Å². The van der Waals surface area contributed by atoms with E-state index >= 15 is 0 Å². The Morgan fingerprint density at radius 1 is 0.917 bits per heavy atom. The molecule has 2 rings (SSSR count). The van der Waals surface area contributed by atoms with Crippen LogP contribution in [0, 0.1) is 10.1 Å². The fourth-order valence-corrected chi connectivity index (χ4v) is 1.77. The van der Waals surface area contributed by atoms with Crippen LogP contribution < -0.4 is 4.74 Å².